The minimum atomic E-state index is 1.02. The van der Waals surface area contributed by atoms with Crippen molar-refractivity contribution in [1.82, 2.24) is 4.98 Å². The number of nitrogens with zero attached hydrogens (tertiary/aromatic N) is 1. The van der Waals surface area contributed by atoms with Gasteiger partial charge in [-0.1, -0.05) is 84.9 Å². The molecule has 0 saturated carbocycles. The Hall–Kier alpha value is -3.45. The van der Waals surface area contributed by atoms with E-state index >= 15 is 0 Å². The van der Waals surface area contributed by atoms with Crippen molar-refractivity contribution >= 4 is 21.7 Å². The number of pyridine rings is 1. The number of rotatable bonds is 2. The van der Waals surface area contributed by atoms with Crippen molar-refractivity contribution in [1.29, 1.82) is 0 Å². The first-order valence-corrected chi connectivity index (χ1v) is 8.82. The molecule has 5 aromatic rings. The second kappa shape index (κ2) is 6.12. The Morgan fingerprint density at radius 1 is 0.538 bits per heavy atom. The zero-order chi connectivity index (χ0) is 17.3. The van der Waals surface area contributed by atoms with Gasteiger partial charge in [-0.15, -0.1) is 0 Å². The number of fused-ring (bicyclic) bond motifs is 2. The minimum absolute atomic E-state index is 1.02. The smallest absolute Gasteiger partial charge is 0.0708 e. The average molecular weight is 331 g/mol. The predicted octanol–water partition coefficient (Wildman–Crippen LogP) is 6.72. The molecule has 122 valence electrons. The Labute approximate surface area is 152 Å². The quantitative estimate of drug-likeness (QED) is 0.350. The summed E-state index contributed by atoms with van der Waals surface area (Å²) in [7, 11) is 0. The van der Waals surface area contributed by atoms with Gasteiger partial charge in [0.2, 0.25) is 0 Å². The van der Waals surface area contributed by atoms with Gasteiger partial charge in [-0.3, -0.25) is 4.98 Å². The summed E-state index contributed by atoms with van der Waals surface area (Å²) in [6.45, 7) is 0. The second-order valence-electron chi connectivity index (χ2n) is 6.49. The Morgan fingerprint density at radius 2 is 1.27 bits per heavy atom. The first-order valence-electron chi connectivity index (χ1n) is 8.82. The van der Waals surface area contributed by atoms with E-state index in [1.165, 1.54) is 38.4 Å². The molecule has 1 heterocycles. The zero-order valence-electron chi connectivity index (χ0n) is 14.3. The highest BCUT2D eigenvalue weighted by molar-refractivity contribution is 6.03. The summed E-state index contributed by atoms with van der Waals surface area (Å²) in [6.07, 6.45) is 2.01. The molecule has 0 N–H and O–H groups in total. The van der Waals surface area contributed by atoms with Crippen LogP contribution in [0, 0.1) is 0 Å². The van der Waals surface area contributed by atoms with Crippen LogP contribution in [-0.4, -0.2) is 4.98 Å². The van der Waals surface area contributed by atoms with E-state index in [9.17, 15) is 0 Å². The molecule has 0 atom stereocenters. The van der Waals surface area contributed by atoms with Gasteiger partial charge in [0.05, 0.1) is 5.52 Å². The molecule has 0 radical (unpaired) electrons. The van der Waals surface area contributed by atoms with Crippen LogP contribution in [0.5, 0.6) is 0 Å². The lowest BCUT2D eigenvalue weighted by atomic mass is 9.92. The third-order valence-corrected chi connectivity index (χ3v) is 4.90. The Kier molecular flexibility index (Phi) is 3.50. The van der Waals surface area contributed by atoms with Crippen LogP contribution >= 0.6 is 0 Å². The maximum absolute atomic E-state index is 4.72. The lowest BCUT2D eigenvalue weighted by molar-refractivity contribution is 1.41. The molecule has 1 heteroatoms. The van der Waals surface area contributed by atoms with Crippen LogP contribution in [0.3, 0.4) is 0 Å². The zero-order valence-corrected chi connectivity index (χ0v) is 14.3. The topological polar surface area (TPSA) is 12.9 Å². The van der Waals surface area contributed by atoms with Crippen LogP contribution in [0.1, 0.15) is 0 Å². The van der Waals surface area contributed by atoms with Gasteiger partial charge in [0.1, 0.15) is 0 Å². The molecule has 0 aliphatic heterocycles. The van der Waals surface area contributed by atoms with Crippen LogP contribution in [0.15, 0.2) is 103 Å². The normalized spacial score (nSPS) is 11.1. The molecule has 0 amide bonds. The summed E-state index contributed by atoms with van der Waals surface area (Å²) in [6, 6.07) is 34.1. The van der Waals surface area contributed by atoms with Crippen LogP contribution in [0.2, 0.25) is 0 Å². The average Bonchev–Trinajstić information content (AvgIpc) is 2.73. The molecule has 1 nitrogen and oxygen atoms in total. The minimum Gasteiger partial charge on any atom is -0.256 e. The monoisotopic (exact) mass is 331 g/mol. The van der Waals surface area contributed by atoms with E-state index in [4.69, 9.17) is 4.98 Å². The van der Waals surface area contributed by atoms with E-state index in [-0.39, 0.29) is 0 Å². The standard InChI is InChI=1S/C25H17N/c1-2-9-19(10-3-1)25-22-12-6-7-13-24(22)26-17-23(25)21-15-14-18-8-4-5-11-20(18)16-21/h1-17H. The molecule has 5 rings (SSSR count). The molecule has 0 aliphatic carbocycles. The molecule has 1 aromatic heterocycles. The summed E-state index contributed by atoms with van der Waals surface area (Å²) in [4.78, 5) is 4.72. The second-order valence-corrected chi connectivity index (χ2v) is 6.49. The van der Waals surface area contributed by atoms with Crippen molar-refractivity contribution in [2.45, 2.75) is 0 Å². The predicted molar refractivity (Wildman–Crippen MR) is 110 cm³/mol. The highest BCUT2D eigenvalue weighted by atomic mass is 14.7. The number of para-hydroxylation sites is 1. The molecule has 0 fully saturated rings. The van der Waals surface area contributed by atoms with E-state index in [2.05, 4.69) is 91.0 Å². The van der Waals surface area contributed by atoms with Gasteiger partial charge in [0.25, 0.3) is 0 Å². The molecular weight excluding hydrogens is 314 g/mol. The summed E-state index contributed by atoms with van der Waals surface area (Å²) in [5.74, 6) is 0. The molecule has 4 aromatic carbocycles. The van der Waals surface area contributed by atoms with Gasteiger partial charge < -0.3 is 0 Å². The number of benzene rings is 4. The highest BCUT2D eigenvalue weighted by Crippen LogP contribution is 2.37. The van der Waals surface area contributed by atoms with E-state index in [0.717, 1.165) is 5.52 Å². The molecular formula is C25H17N. The van der Waals surface area contributed by atoms with Gasteiger partial charge in [-0.2, -0.15) is 0 Å². The maximum atomic E-state index is 4.72. The summed E-state index contributed by atoms with van der Waals surface area (Å²) < 4.78 is 0. The van der Waals surface area contributed by atoms with Gasteiger partial charge in [-0.05, 0) is 34.0 Å². The number of hydrogen-bond acceptors (Lipinski definition) is 1. The number of hydrogen-bond donors (Lipinski definition) is 0. The van der Waals surface area contributed by atoms with Crippen LogP contribution in [0.25, 0.3) is 43.9 Å². The molecule has 0 aliphatic rings. The van der Waals surface area contributed by atoms with Crippen molar-refractivity contribution in [3.05, 3.63) is 103 Å². The Morgan fingerprint density at radius 3 is 2.15 bits per heavy atom. The molecule has 0 saturated heterocycles. The Balaban J connectivity index is 1.84. The third-order valence-electron chi connectivity index (χ3n) is 4.90. The lowest BCUT2D eigenvalue weighted by Gasteiger charge is -2.14. The van der Waals surface area contributed by atoms with Gasteiger partial charge in [0.15, 0.2) is 0 Å². The fourth-order valence-corrected chi connectivity index (χ4v) is 3.63. The first kappa shape index (κ1) is 14.9. The van der Waals surface area contributed by atoms with E-state index < -0.39 is 0 Å². The molecule has 0 unspecified atom stereocenters. The lowest BCUT2D eigenvalue weighted by Crippen LogP contribution is -1.90. The third kappa shape index (κ3) is 2.46. The van der Waals surface area contributed by atoms with Gasteiger partial charge in [-0.25, -0.2) is 0 Å². The largest absolute Gasteiger partial charge is 0.256 e. The van der Waals surface area contributed by atoms with Crippen molar-refractivity contribution < 1.29 is 0 Å². The SMILES string of the molecule is c1ccc(-c2c(-c3ccc4ccccc4c3)cnc3ccccc23)cc1. The van der Waals surface area contributed by atoms with Crippen LogP contribution in [-0.2, 0) is 0 Å². The highest BCUT2D eigenvalue weighted by Gasteiger charge is 2.12. The van der Waals surface area contributed by atoms with Gasteiger partial charge >= 0.3 is 0 Å². The van der Waals surface area contributed by atoms with Gasteiger partial charge in [0, 0.05) is 22.7 Å². The maximum Gasteiger partial charge on any atom is 0.0708 e. The van der Waals surface area contributed by atoms with Crippen molar-refractivity contribution in [2.75, 3.05) is 0 Å². The summed E-state index contributed by atoms with van der Waals surface area (Å²) in [5.41, 5.74) is 5.85. The summed E-state index contributed by atoms with van der Waals surface area (Å²) >= 11 is 0. The van der Waals surface area contributed by atoms with Crippen LogP contribution in [0.4, 0.5) is 0 Å². The first-order chi connectivity index (χ1) is 12.9. The summed E-state index contributed by atoms with van der Waals surface area (Å²) in [5, 5.41) is 3.69. The molecule has 26 heavy (non-hydrogen) atoms. The molecule has 0 bridgehead atoms. The van der Waals surface area contributed by atoms with E-state index in [1.807, 2.05) is 12.3 Å². The molecule has 0 spiro atoms. The fourth-order valence-electron chi connectivity index (χ4n) is 3.63. The Bertz CT molecular complexity index is 1220. The van der Waals surface area contributed by atoms with Crippen molar-refractivity contribution in [3.63, 3.8) is 0 Å². The van der Waals surface area contributed by atoms with E-state index in [1.54, 1.807) is 0 Å². The van der Waals surface area contributed by atoms with Crippen molar-refractivity contribution in [2.24, 2.45) is 0 Å². The van der Waals surface area contributed by atoms with Crippen molar-refractivity contribution in [3.8, 4) is 22.3 Å². The van der Waals surface area contributed by atoms with E-state index in [0.29, 0.717) is 0 Å². The fraction of sp³-hybridized carbons (Fsp3) is 0. The van der Waals surface area contributed by atoms with Crippen LogP contribution < -0.4 is 0 Å². The number of aromatic nitrogens is 1.